The molecule has 2 rings (SSSR count). The quantitative estimate of drug-likeness (QED) is 0.413. The predicted molar refractivity (Wildman–Crippen MR) is 93.6 cm³/mol. The van der Waals surface area contributed by atoms with E-state index in [9.17, 15) is 8.42 Å². The van der Waals surface area contributed by atoms with E-state index < -0.39 is 10.0 Å². The molecule has 1 aromatic carbocycles. The number of nitrogens with zero attached hydrogens (tertiary/aromatic N) is 1. The predicted octanol–water partition coefficient (Wildman–Crippen LogP) is 1.12. The molecule has 0 saturated heterocycles. The Labute approximate surface area is 138 Å². The van der Waals surface area contributed by atoms with Gasteiger partial charge in [0.1, 0.15) is 0 Å². The topological polar surface area (TPSA) is 82.6 Å². The molecule has 0 heterocycles. The summed E-state index contributed by atoms with van der Waals surface area (Å²) >= 11 is 0. The molecule has 0 saturated carbocycles. The van der Waals surface area contributed by atoms with Crippen LogP contribution in [0.4, 0.5) is 0 Å². The molecule has 1 aliphatic rings. The molecular weight excluding hydrogens is 312 g/mol. The zero-order chi connectivity index (χ0) is 16.7. The number of rotatable bonds is 6. The third-order valence-electron chi connectivity index (χ3n) is 3.72. The highest BCUT2D eigenvalue weighted by Crippen LogP contribution is 2.09. The first-order valence-electron chi connectivity index (χ1n) is 7.63. The third-order valence-corrected chi connectivity index (χ3v) is 5.06. The van der Waals surface area contributed by atoms with Crippen LogP contribution in [-0.4, -0.2) is 34.5 Å². The summed E-state index contributed by atoms with van der Waals surface area (Å²) in [6.07, 6.45) is 6.39. The van der Waals surface area contributed by atoms with E-state index in [1.165, 1.54) is 7.05 Å². The second-order valence-electron chi connectivity index (χ2n) is 5.49. The second kappa shape index (κ2) is 8.12. The average molecular weight is 336 g/mol. The van der Waals surface area contributed by atoms with Crippen molar-refractivity contribution in [2.75, 3.05) is 14.1 Å². The molecule has 0 aromatic heterocycles. The summed E-state index contributed by atoms with van der Waals surface area (Å²) in [7, 11) is -0.0531. The number of hydrogen-bond donors (Lipinski definition) is 3. The minimum absolute atomic E-state index is 0.00485. The smallest absolute Gasteiger partial charge is 0.215 e. The van der Waals surface area contributed by atoms with Crippen molar-refractivity contribution in [3.8, 4) is 0 Å². The molecule has 7 heteroatoms. The molecule has 0 unspecified atom stereocenters. The molecule has 0 amide bonds. The fraction of sp³-hybridized carbons (Fsp3) is 0.438. The Bertz CT molecular complexity index is 658. The van der Waals surface area contributed by atoms with Gasteiger partial charge in [-0.1, -0.05) is 36.4 Å². The molecule has 0 aliphatic heterocycles. The molecule has 1 aromatic rings. The van der Waals surface area contributed by atoms with Crippen molar-refractivity contribution in [3.63, 3.8) is 0 Å². The van der Waals surface area contributed by atoms with E-state index >= 15 is 0 Å². The van der Waals surface area contributed by atoms with E-state index in [0.29, 0.717) is 12.6 Å². The normalized spacial score (nSPS) is 15.8. The van der Waals surface area contributed by atoms with Crippen LogP contribution in [0.2, 0.25) is 0 Å². The minimum atomic E-state index is -3.23. The Morgan fingerprint density at radius 1 is 1.17 bits per heavy atom. The number of guanidine groups is 1. The van der Waals surface area contributed by atoms with Crippen LogP contribution < -0.4 is 15.4 Å². The summed E-state index contributed by atoms with van der Waals surface area (Å²) in [5.74, 6) is 0.773. The summed E-state index contributed by atoms with van der Waals surface area (Å²) in [6.45, 7) is 0.638. The number of benzene rings is 1. The van der Waals surface area contributed by atoms with Crippen molar-refractivity contribution in [2.24, 2.45) is 4.99 Å². The molecule has 0 atom stereocenters. The zero-order valence-corrected chi connectivity index (χ0v) is 14.4. The van der Waals surface area contributed by atoms with Crippen LogP contribution in [0.25, 0.3) is 0 Å². The van der Waals surface area contributed by atoms with Gasteiger partial charge in [-0.2, -0.15) is 0 Å². The summed E-state index contributed by atoms with van der Waals surface area (Å²) in [5, 5.41) is 6.65. The van der Waals surface area contributed by atoms with Gasteiger partial charge in [0.15, 0.2) is 5.96 Å². The first-order chi connectivity index (χ1) is 11.0. The molecule has 3 N–H and O–H groups in total. The van der Waals surface area contributed by atoms with Gasteiger partial charge >= 0.3 is 0 Å². The van der Waals surface area contributed by atoms with Crippen molar-refractivity contribution in [1.29, 1.82) is 0 Å². The van der Waals surface area contributed by atoms with Gasteiger partial charge in [0.2, 0.25) is 10.0 Å². The Kier molecular flexibility index (Phi) is 6.18. The summed E-state index contributed by atoms with van der Waals surface area (Å²) in [6, 6.07) is 7.94. The van der Waals surface area contributed by atoms with E-state index in [2.05, 4.69) is 32.5 Å². The van der Waals surface area contributed by atoms with Crippen LogP contribution >= 0.6 is 0 Å². The molecule has 0 fully saturated rings. The lowest BCUT2D eigenvalue weighted by Gasteiger charge is -2.17. The lowest BCUT2D eigenvalue weighted by atomic mass is 10.1. The Morgan fingerprint density at radius 3 is 2.35 bits per heavy atom. The number of aliphatic imine (C=N–C) groups is 1. The van der Waals surface area contributed by atoms with Crippen LogP contribution in [-0.2, 0) is 22.3 Å². The van der Waals surface area contributed by atoms with Gasteiger partial charge in [-0.25, -0.2) is 13.1 Å². The van der Waals surface area contributed by atoms with Gasteiger partial charge in [-0.15, -0.1) is 0 Å². The van der Waals surface area contributed by atoms with Crippen molar-refractivity contribution < 1.29 is 8.42 Å². The summed E-state index contributed by atoms with van der Waals surface area (Å²) < 4.78 is 25.4. The summed E-state index contributed by atoms with van der Waals surface area (Å²) in [5.41, 5.74) is 1.84. The lowest BCUT2D eigenvalue weighted by Crippen LogP contribution is -2.42. The highest BCUT2D eigenvalue weighted by Gasteiger charge is 2.11. The first-order valence-corrected chi connectivity index (χ1v) is 9.29. The molecule has 126 valence electrons. The Balaban J connectivity index is 1.85. The van der Waals surface area contributed by atoms with Crippen LogP contribution in [0, 0.1) is 0 Å². The van der Waals surface area contributed by atoms with Gasteiger partial charge in [0.05, 0.1) is 5.75 Å². The second-order valence-corrected chi connectivity index (χ2v) is 7.42. The van der Waals surface area contributed by atoms with E-state index in [1.807, 2.05) is 24.3 Å². The monoisotopic (exact) mass is 336 g/mol. The largest absolute Gasteiger partial charge is 0.353 e. The van der Waals surface area contributed by atoms with Crippen molar-refractivity contribution in [3.05, 3.63) is 47.5 Å². The maximum absolute atomic E-state index is 11.5. The molecule has 0 radical (unpaired) electrons. The van der Waals surface area contributed by atoms with Crippen LogP contribution in [0.5, 0.6) is 0 Å². The van der Waals surface area contributed by atoms with Gasteiger partial charge in [-0.05, 0) is 31.0 Å². The fourth-order valence-electron chi connectivity index (χ4n) is 2.35. The van der Waals surface area contributed by atoms with Crippen molar-refractivity contribution in [2.45, 2.75) is 31.2 Å². The van der Waals surface area contributed by atoms with Crippen molar-refractivity contribution >= 4 is 16.0 Å². The van der Waals surface area contributed by atoms with E-state index in [1.54, 1.807) is 7.05 Å². The average Bonchev–Trinajstić information content (AvgIpc) is 3.05. The number of nitrogens with one attached hydrogen (secondary N) is 3. The molecule has 6 nitrogen and oxygen atoms in total. The maximum atomic E-state index is 11.5. The lowest BCUT2D eigenvalue weighted by molar-refractivity contribution is 0.587. The Hall–Kier alpha value is -1.86. The minimum Gasteiger partial charge on any atom is -0.353 e. The summed E-state index contributed by atoms with van der Waals surface area (Å²) in [4.78, 5) is 4.22. The van der Waals surface area contributed by atoms with Gasteiger partial charge in [-0.3, -0.25) is 4.99 Å². The zero-order valence-electron chi connectivity index (χ0n) is 13.5. The molecule has 1 aliphatic carbocycles. The number of hydrogen-bond acceptors (Lipinski definition) is 3. The van der Waals surface area contributed by atoms with Gasteiger partial charge < -0.3 is 10.6 Å². The molecular formula is C16H24N4O2S. The third kappa shape index (κ3) is 5.69. The SMILES string of the molecule is CN=C(NCc1ccc(CS(=O)(=O)NC)cc1)NC1CC=CC1. The Morgan fingerprint density at radius 2 is 1.78 bits per heavy atom. The molecule has 0 bridgehead atoms. The maximum Gasteiger partial charge on any atom is 0.215 e. The molecule has 0 spiro atoms. The van der Waals surface area contributed by atoms with Gasteiger partial charge in [0.25, 0.3) is 0 Å². The number of sulfonamides is 1. The van der Waals surface area contributed by atoms with Crippen LogP contribution in [0.15, 0.2) is 41.4 Å². The first kappa shape index (κ1) is 17.5. The van der Waals surface area contributed by atoms with E-state index in [0.717, 1.165) is 29.9 Å². The van der Waals surface area contributed by atoms with Crippen molar-refractivity contribution in [1.82, 2.24) is 15.4 Å². The van der Waals surface area contributed by atoms with Crippen LogP contribution in [0.1, 0.15) is 24.0 Å². The fourth-order valence-corrected chi connectivity index (χ4v) is 3.13. The highest BCUT2D eigenvalue weighted by atomic mass is 32.2. The van der Waals surface area contributed by atoms with Crippen LogP contribution in [0.3, 0.4) is 0 Å². The van der Waals surface area contributed by atoms with Gasteiger partial charge in [0, 0.05) is 19.6 Å². The molecule has 23 heavy (non-hydrogen) atoms. The van der Waals surface area contributed by atoms with E-state index in [4.69, 9.17) is 0 Å². The van der Waals surface area contributed by atoms with E-state index in [-0.39, 0.29) is 5.75 Å². The standard InChI is InChI=1S/C16H24N4O2S/c1-17-16(20-15-5-3-4-6-15)19-11-13-7-9-14(10-8-13)12-23(21,22)18-2/h3-4,7-10,15,18H,5-6,11-12H2,1-2H3,(H2,17,19,20). The highest BCUT2D eigenvalue weighted by molar-refractivity contribution is 7.88.